The van der Waals surface area contributed by atoms with Gasteiger partial charge < -0.3 is 9.30 Å². The van der Waals surface area contributed by atoms with Crippen molar-refractivity contribution in [1.29, 1.82) is 0 Å². The molecular formula is C14H26N4O3S. The first-order chi connectivity index (χ1) is 10.3. The Morgan fingerprint density at radius 2 is 2.00 bits per heavy atom. The van der Waals surface area contributed by atoms with Gasteiger partial charge in [-0.15, -0.1) is 0 Å². The summed E-state index contributed by atoms with van der Waals surface area (Å²) in [5, 5.41) is 0. The Morgan fingerprint density at radius 1 is 1.36 bits per heavy atom. The highest BCUT2D eigenvalue weighted by Crippen LogP contribution is 2.23. The molecular weight excluding hydrogens is 304 g/mol. The lowest BCUT2D eigenvalue weighted by Crippen LogP contribution is -2.48. The van der Waals surface area contributed by atoms with Gasteiger partial charge in [0, 0.05) is 39.6 Å². The normalized spacial score (nSPS) is 19.7. The van der Waals surface area contributed by atoms with Gasteiger partial charge in [0.1, 0.15) is 5.82 Å². The summed E-state index contributed by atoms with van der Waals surface area (Å²) >= 11 is 0. The van der Waals surface area contributed by atoms with Crippen molar-refractivity contribution in [2.45, 2.75) is 38.8 Å². The highest BCUT2D eigenvalue weighted by atomic mass is 32.2. The predicted molar refractivity (Wildman–Crippen MR) is 84.4 cm³/mol. The van der Waals surface area contributed by atoms with Crippen LogP contribution in [0.25, 0.3) is 0 Å². The highest BCUT2D eigenvalue weighted by molar-refractivity contribution is 7.87. The zero-order valence-electron chi connectivity index (χ0n) is 13.7. The second-order valence-corrected chi connectivity index (χ2v) is 7.78. The molecule has 0 unspecified atom stereocenters. The van der Waals surface area contributed by atoms with Crippen LogP contribution in [0.15, 0.2) is 12.4 Å². The molecule has 1 fully saturated rings. The molecule has 1 aliphatic rings. The Labute approximate surface area is 132 Å². The van der Waals surface area contributed by atoms with E-state index in [0.717, 1.165) is 18.7 Å². The van der Waals surface area contributed by atoms with Crippen molar-refractivity contribution in [1.82, 2.24) is 18.6 Å². The third kappa shape index (κ3) is 3.87. The molecule has 0 amide bonds. The summed E-state index contributed by atoms with van der Waals surface area (Å²) in [5.41, 5.74) is 0. The molecule has 1 saturated heterocycles. The number of methoxy groups -OCH3 is 1. The average molecular weight is 330 g/mol. The molecule has 7 nitrogen and oxygen atoms in total. The van der Waals surface area contributed by atoms with Crippen molar-refractivity contribution in [3.8, 4) is 0 Å². The van der Waals surface area contributed by atoms with Gasteiger partial charge in [0.05, 0.1) is 12.1 Å². The van der Waals surface area contributed by atoms with E-state index in [-0.39, 0.29) is 18.1 Å². The van der Waals surface area contributed by atoms with E-state index in [1.54, 1.807) is 13.3 Å². The second-order valence-electron chi connectivity index (χ2n) is 6.08. The van der Waals surface area contributed by atoms with Gasteiger partial charge in [0.25, 0.3) is 10.2 Å². The molecule has 0 bridgehead atoms. The van der Waals surface area contributed by atoms with Gasteiger partial charge in [0.15, 0.2) is 0 Å². The maximum atomic E-state index is 12.6. The van der Waals surface area contributed by atoms with Crippen LogP contribution in [0.2, 0.25) is 0 Å². The lowest BCUT2D eigenvalue weighted by Gasteiger charge is -2.32. The molecule has 1 N–H and O–H groups in total. The van der Waals surface area contributed by atoms with Crippen molar-refractivity contribution in [3.05, 3.63) is 18.2 Å². The van der Waals surface area contributed by atoms with E-state index in [0.29, 0.717) is 13.1 Å². The molecule has 0 radical (unpaired) electrons. The monoisotopic (exact) mass is 330 g/mol. The van der Waals surface area contributed by atoms with Crippen LogP contribution in [0, 0.1) is 5.92 Å². The number of imidazole rings is 1. The molecule has 2 heterocycles. The van der Waals surface area contributed by atoms with Crippen LogP contribution in [0.4, 0.5) is 0 Å². The number of nitrogens with zero attached hydrogens (tertiary/aromatic N) is 3. The van der Waals surface area contributed by atoms with Gasteiger partial charge in [-0.2, -0.15) is 17.4 Å². The van der Waals surface area contributed by atoms with Crippen molar-refractivity contribution in [3.63, 3.8) is 0 Å². The number of ether oxygens (including phenoxy) is 1. The van der Waals surface area contributed by atoms with Crippen LogP contribution in [0.3, 0.4) is 0 Å². The number of hydrogen-bond acceptors (Lipinski definition) is 4. The molecule has 0 aliphatic carbocycles. The van der Waals surface area contributed by atoms with Crippen molar-refractivity contribution in [2.24, 2.45) is 13.0 Å². The Bertz CT molecular complexity index is 577. The Balaban J connectivity index is 2.11. The number of piperidine rings is 1. The smallest absolute Gasteiger partial charge is 0.280 e. The van der Waals surface area contributed by atoms with Gasteiger partial charge >= 0.3 is 0 Å². The first-order valence-electron chi connectivity index (χ1n) is 7.62. The van der Waals surface area contributed by atoms with E-state index < -0.39 is 10.2 Å². The van der Waals surface area contributed by atoms with Crippen LogP contribution in [0.5, 0.6) is 0 Å². The molecule has 0 saturated carbocycles. The number of hydrogen-bond donors (Lipinski definition) is 1. The maximum Gasteiger partial charge on any atom is 0.280 e. The summed E-state index contributed by atoms with van der Waals surface area (Å²) in [6, 6.07) is -0.342. The third-order valence-corrected chi connectivity index (χ3v) is 5.75. The van der Waals surface area contributed by atoms with E-state index in [1.165, 1.54) is 4.31 Å². The average Bonchev–Trinajstić information content (AvgIpc) is 2.90. The molecule has 0 aromatic carbocycles. The van der Waals surface area contributed by atoms with E-state index in [1.807, 2.05) is 31.7 Å². The lowest BCUT2D eigenvalue weighted by atomic mass is 10.1. The largest absolute Gasteiger partial charge is 0.381 e. The van der Waals surface area contributed by atoms with Crippen LogP contribution < -0.4 is 4.72 Å². The Hall–Kier alpha value is -0.960. The Kier molecular flexibility index (Phi) is 5.60. The van der Waals surface area contributed by atoms with Gasteiger partial charge in [-0.3, -0.25) is 0 Å². The molecule has 8 heteroatoms. The highest BCUT2D eigenvalue weighted by Gasteiger charge is 2.32. The van der Waals surface area contributed by atoms with Crippen molar-refractivity contribution >= 4 is 10.2 Å². The SMILES string of the molecule is COC1CCN(S(=O)(=O)N[C@H](c2nccn2C)C(C)C)CC1. The minimum absolute atomic E-state index is 0.104. The lowest BCUT2D eigenvalue weighted by molar-refractivity contribution is 0.0600. The summed E-state index contributed by atoms with van der Waals surface area (Å²) in [7, 11) is 0.0131. The van der Waals surface area contributed by atoms with E-state index in [4.69, 9.17) is 4.74 Å². The molecule has 22 heavy (non-hydrogen) atoms. The predicted octanol–water partition coefficient (Wildman–Crippen LogP) is 1.06. The first-order valence-corrected chi connectivity index (χ1v) is 9.06. The van der Waals surface area contributed by atoms with Crippen molar-refractivity contribution in [2.75, 3.05) is 20.2 Å². The molecule has 1 aliphatic heterocycles. The molecule has 2 rings (SSSR count). The van der Waals surface area contributed by atoms with Crippen molar-refractivity contribution < 1.29 is 13.2 Å². The van der Waals surface area contributed by atoms with Gasteiger partial charge in [-0.1, -0.05) is 13.8 Å². The van der Waals surface area contributed by atoms with Gasteiger partial charge in [-0.25, -0.2) is 4.98 Å². The molecule has 1 aromatic heterocycles. The van der Waals surface area contributed by atoms with Crippen LogP contribution in [-0.4, -0.2) is 48.6 Å². The third-order valence-electron chi connectivity index (χ3n) is 4.15. The summed E-state index contributed by atoms with van der Waals surface area (Å²) in [6.45, 7) is 4.94. The minimum Gasteiger partial charge on any atom is -0.381 e. The number of aromatic nitrogens is 2. The fourth-order valence-corrected chi connectivity index (χ4v) is 4.25. The van der Waals surface area contributed by atoms with E-state index in [9.17, 15) is 8.42 Å². The van der Waals surface area contributed by atoms with Gasteiger partial charge in [-0.05, 0) is 18.8 Å². The number of aryl methyl sites for hydroxylation is 1. The zero-order valence-corrected chi connectivity index (χ0v) is 14.5. The topological polar surface area (TPSA) is 76.5 Å². The minimum atomic E-state index is -3.53. The zero-order chi connectivity index (χ0) is 16.3. The summed E-state index contributed by atoms with van der Waals surface area (Å²) < 4.78 is 36.7. The van der Waals surface area contributed by atoms with E-state index in [2.05, 4.69) is 9.71 Å². The van der Waals surface area contributed by atoms with Crippen LogP contribution in [-0.2, 0) is 22.0 Å². The molecule has 1 atom stereocenters. The quantitative estimate of drug-likeness (QED) is 0.846. The first kappa shape index (κ1) is 17.4. The second kappa shape index (κ2) is 7.08. The fourth-order valence-electron chi connectivity index (χ4n) is 2.71. The van der Waals surface area contributed by atoms with Crippen LogP contribution >= 0.6 is 0 Å². The van der Waals surface area contributed by atoms with Crippen LogP contribution in [0.1, 0.15) is 38.6 Å². The number of nitrogens with one attached hydrogen (secondary N) is 1. The molecule has 126 valence electrons. The fraction of sp³-hybridized carbons (Fsp3) is 0.786. The maximum absolute atomic E-state index is 12.6. The summed E-state index contributed by atoms with van der Waals surface area (Å²) in [5.74, 6) is 0.831. The standard InChI is InChI=1S/C14H26N4O3S/c1-11(2)13(14-15-7-10-17(14)3)16-22(19,20)18-8-5-12(21-4)6-9-18/h7,10-13,16H,5-6,8-9H2,1-4H3/t13-/m0/s1. The molecule has 0 spiro atoms. The van der Waals surface area contributed by atoms with Gasteiger partial charge in [0.2, 0.25) is 0 Å². The Morgan fingerprint density at radius 3 is 2.45 bits per heavy atom. The summed E-state index contributed by atoms with van der Waals surface area (Å²) in [4.78, 5) is 4.29. The summed E-state index contributed by atoms with van der Waals surface area (Å²) in [6.07, 6.45) is 5.12. The molecule has 1 aromatic rings. The van der Waals surface area contributed by atoms with E-state index >= 15 is 0 Å². The number of rotatable bonds is 6.